The number of rotatable bonds is 3. The quantitative estimate of drug-likeness (QED) is 0.909. The summed E-state index contributed by atoms with van der Waals surface area (Å²) in [6, 6.07) is 7.38. The Hall–Kier alpha value is -0.570. The van der Waals surface area contributed by atoms with Crippen LogP contribution < -0.4 is 5.73 Å². The summed E-state index contributed by atoms with van der Waals surface area (Å²) in [5.74, 6) is 0. The number of nitrogens with two attached hydrogens (primary N) is 1. The molecule has 2 N–H and O–H groups in total. The second-order valence-corrected chi connectivity index (χ2v) is 5.99. The number of halogens is 1. The van der Waals surface area contributed by atoms with Gasteiger partial charge < -0.3 is 5.73 Å². The van der Waals surface area contributed by atoms with Gasteiger partial charge in [0, 0.05) is 23.7 Å². The zero-order valence-corrected chi connectivity index (χ0v) is 12.1. The van der Waals surface area contributed by atoms with Crippen molar-refractivity contribution in [3.63, 3.8) is 0 Å². The van der Waals surface area contributed by atoms with Gasteiger partial charge in [0.15, 0.2) is 0 Å². The molecule has 3 heteroatoms. The van der Waals surface area contributed by atoms with Crippen LogP contribution in [0.5, 0.6) is 0 Å². The fraction of sp³-hybridized carbons (Fsp3) is 0.600. The minimum absolute atomic E-state index is 0.414. The average molecular weight is 267 g/mol. The molecule has 0 aromatic heterocycles. The highest BCUT2D eigenvalue weighted by Gasteiger charge is 2.22. The van der Waals surface area contributed by atoms with Crippen molar-refractivity contribution in [1.82, 2.24) is 4.90 Å². The molecule has 0 spiro atoms. The Morgan fingerprint density at radius 2 is 1.94 bits per heavy atom. The third-order valence-electron chi connectivity index (χ3n) is 3.99. The van der Waals surface area contributed by atoms with Gasteiger partial charge in [-0.25, -0.2) is 0 Å². The molecule has 0 bridgehead atoms. The highest BCUT2D eigenvalue weighted by molar-refractivity contribution is 6.31. The minimum atomic E-state index is 0.414. The van der Waals surface area contributed by atoms with E-state index in [-0.39, 0.29) is 0 Å². The van der Waals surface area contributed by atoms with Crippen LogP contribution in [0.4, 0.5) is 0 Å². The maximum absolute atomic E-state index is 6.29. The molecule has 2 nitrogen and oxygen atoms in total. The van der Waals surface area contributed by atoms with Crippen LogP contribution in [0.1, 0.15) is 36.8 Å². The number of hydrogen-bond donors (Lipinski definition) is 1. The van der Waals surface area contributed by atoms with Crippen LogP contribution in [0.3, 0.4) is 0 Å². The normalized spacial score (nSPS) is 24.5. The first-order valence-corrected chi connectivity index (χ1v) is 7.15. The molecule has 1 saturated carbocycles. The zero-order valence-electron chi connectivity index (χ0n) is 11.3. The summed E-state index contributed by atoms with van der Waals surface area (Å²) in [6.07, 6.45) is 4.72. The smallest absolute Gasteiger partial charge is 0.0453 e. The Labute approximate surface area is 115 Å². The van der Waals surface area contributed by atoms with Crippen molar-refractivity contribution < 1.29 is 0 Å². The van der Waals surface area contributed by atoms with E-state index in [9.17, 15) is 0 Å². The van der Waals surface area contributed by atoms with Crippen LogP contribution in [-0.2, 0) is 6.54 Å². The molecule has 1 aliphatic carbocycles. The summed E-state index contributed by atoms with van der Waals surface area (Å²) in [4.78, 5) is 2.42. The van der Waals surface area contributed by atoms with E-state index in [1.165, 1.54) is 24.0 Å². The minimum Gasteiger partial charge on any atom is -0.328 e. The Bertz CT molecular complexity index is 397. The van der Waals surface area contributed by atoms with Gasteiger partial charge in [-0.05, 0) is 56.8 Å². The summed E-state index contributed by atoms with van der Waals surface area (Å²) >= 11 is 6.29. The van der Waals surface area contributed by atoms with E-state index in [2.05, 4.69) is 31.0 Å². The fourth-order valence-corrected chi connectivity index (χ4v) is 3.02. The lowest BCUT2D eigenvalue weighted by atomic mass is 9.91. The van der Waals surface area contributed by atoms with Crippen molar-refractivity contribution in [3.05, 3.63) is 34.3 Å². The molecule has 0 atom stereocenters. The largest absolute Gasteiger partial charge is 0.328 e. The predicted octanol–water partition coefficient (Wildman–Crippen LogP) is 3.35. The van der Waals surface area contributed by atoms with Crippen LogP contribution >= 0.6 is 11.6 Å². The summed E-state index contributed by atoms with van der Waals surface area (Å²) in [5.41, 5.74) is 8.39. The molecule has 0 heterocycles. The molecule has 0 amide bonds. The van der Waals surface area contributed by atoms with Crippen LogP contribution in [-0.4, -0.2) is 24.0 Å². The van der Waals surface area contributed by atoms with Crippen molar-refractivity contribution in [2.75, 3.05) is 7.05 Å². The van der Waals surface area contributed by atoms with Crippen molar-refractivity contribution in [1.29, 1.82) is 0 Å². The molecule has 0 unspecified atom stereocenters. The van der Waals surface area contributed by atoms with Crippen LogP contribution in [0, 0.1) is 6.92 Å². The first kappa shape index (κ1) is 13.9. The molecule has 2 rings (SSSR count). The summed E-state index contributed by atoms with van der Waals surface area (Å²) < 4.78 is 0. The first-order valence-electron chi connectivity index (χ1n) is 6.77. The zero-order chi connectivity index (χ0) is 13.1. The highest BCUT2D eigenvalue weighted by atomic mass is 35.5. The van der Waals surface area contributed by atoms with Crippen LogP contribution in [0.15, 0.2) is 18.2 Å². The van der Waals surface area contributed by atoms with E-state index < -0.39 is 0 Å². The molecule has 1 aromatic rings. The van der Waals surface area contributed by atoms with Crippen molar-refractivity contribution in [2.24, 2.45) is 5.73 Å². The molecule has 1 fully saturated rings. The van der Waals surface area contributed by atoms with Gasteiger partial charge in [-0.2, -0.15) is 0 Å². The Kier molecular flexibility index (Phi) is 4.66. The predicted molar refractivity (Wildman–Crippen MR) is 77.9 cm³/mol. The Balaban J connectivity index is 1.96. The van der Waals surface area contributed by atoms with E-state index in [1.54, 1.807) is 0 Å². The van der Waals surface area contributed by atoms with Gasteiger partial charge in [0.2, 0.25) is 0 Å². The van der Waals surface area contributed by atoms with Crippen molar-refractivity contribution in [3.8, 4) is 0 Å². The van der Waals surface area contributed by atoms with Gasteiger partial charge in [0.25, 0.3) is 0 Å². The standard InChI is InChI=1S/C15H23ClN2/c1-11-3-4-12(15(16)9-11)10-18(2)14-7-5-13(17)6-8-14/h3-4,9,13-14H,5-8,10,17H2,1-2H3. The summed E-state index contributed by atoms with van der Waals surface area (Å²) in [6.45, 7) is 3.00. The number of aryl methyl sites for hydroxylation is 1. The second kappa shape index (κ2) is 6.05. The Morgan fingerprint density at radius 1 is 1.28 bits per heavy atom. The molecule has 0 aliphatic heterocycles. The van der Waals surface area contributed by atoms with Gasteiger partial charge in [-0.1, -0.05) is 23.7 Å². The maximum atomic E-state index is 6.29. The molecular formula is C15H23ClN2. The number of hydrogen-bond acceptors (Lipinski definition) is 2. The van der Waals surface area contributed by atoms with Crippen molar-refractivity contribution >= 4 is 11.6 Å². The molecular weight excluding hydrogens is 244 g/mol. The van der Waals surface area contributed by atoms with E-state index in [4.69, 9.17) is 17.3 Å². The molecule has 100 valence electrons. The van der Waals surface area contributed by atoms with Gasteiger partial charge in [-0.15, -0.1) is 0 Å². The van der Waals surface area contributed by atoms with E-state index >= 15 is 0 Å². The van der Waals surface area contributed by atoms with E-state index in [1.807, 2.05) is 6.07 Å². The maximum Gasteiger partial charge on any atom is 0.0453 e. The Morgan fingerprint density at radius 3 is 2.56 bits per heavy atom. The molecule has 0 radical (unpaired) electrons. The van der Waals surface area contributed by atoms with Crippen LogP contribution in [0.25, 0.3) is 0 Å². The number of benzene rings is 1. The topological polar surface area (TPSA) is 29.3 Å². The SMILES string of the molecule is Cc1ccc(CN(C)C2CCC(N)CC2)c(Cl)c1. The monoisotopic (exact) mass is 266 g/mol. The van der Waals surface area contributed by atoms with Gasteiger partial charge >= 0.3 is 0 Å². The molecule has 1 aromatic carbocycles. The van der Waals surface area contributed by atoms with E-state index in [0.717, 1.165) is 24.4 Å². The lowest BCUT2D eigenvalue weighted by molar-refractivity contribution is 0.176. The van der Waals surface area contributed by atoms with E-state index in [0.29, 0.717) is 12.1 Å². The summed E-state index contributed by atoms with van der Waals surface area (Å²) in [7, 11) is 2.19. The third kappa shape index (κ3) is 3.47. The fourth-order valence-electron chi connectivity index (χ4n) is 2.72. The third-order valence-corrected chi connectivity index (χ3v) is 4.34. The first-order chi connectivity index (χ1) is 8.56. The van der Waals surface area contributed by atoms with Crippen molar-refractivity contribution in [2.45, 2.75) is 51.2 Å². The molecule has 18 heavy (non-hydrogen) atoms. The second-order valence-electron chi connectivity index (χ2n) is 5.58. The van der Waals surface area contributed by atoms with Crippen LogP contribution in [0.2, 0.25) is 5.02 Å². The highest BCUT2D eigenvalue weighted by Crippen LogP contribution is 2.25. The van der Waals surface area contributed by atoms with Gasteiger partial charge in [-0.3, -0.25) is 4.90 Å². The number of nitrogens with zero attached hydrogens (tertiary/aromatic N) is 1. The average Bonchev–Trinajstić information content (AvgIpc) is 2.33. The lowest BCUT2D eigenvalue weighted by Gasteiger charge is -2.33. The van der Waals surface area contributed by atoms with Gasteiger partial charge in [0.1, 0.15) is 0 Å². The molecule has 0 saturated heterocycles. The lowest BCUT2D eigenvalue weighted by Crippen LogP contribution is -2.38. The molecule has 1 aliphatic rings. The van der Waals surface area contributed by atoms with Gasteiger partial charge in [0.05, 0.1) is 0 Å². The summed E-state index contributed by atoms with van der Waals surface area (Å²) in [5, 5.41) is 0.884.